The summed E-state index contributed by atoms with van der Waals surface area (Å²) in [7, 11) is -3.56. The Morgan fingerprint density at radius 3 is 2.30 bits per heavy atom. The zero-order valence-electron chi connectivity index (χ0n) is 11.4. The molecule has 3 nitrogen and oxygen atoms in total. The highest BCUT2D eigenvalue weighted by atomic mass is 35.5. The van der Waals surface area contributed by atoms with E-state index in [0.717, 1.165) is 25.7 Å². The van der Waals surface area contributed by atoms with Crippen molar-refractivity contribution in [2.45, 2.75) is 43.0 Å². The summed E-state index contributed by atoms with van der Waals surface area (Å²) in [5.41, 5.74) is -0.521. The van der Waals surface area contributed by atoms with E-state index in [2.05, 4.69) is 11.6 Å². The lowest BCUT2D eigenvalue weighted by molar-refractivity contribution is 0.247. The molecule has 0 amide bonds. The molecule has 0 saturated heterocycles. The van der Waals surface area contributed by atoms with Gasteiger partial charge in [0, 0.05) is 16.4 Å². The van der Waals surface area contributed by atoms with E-state index in [-0.39, 0.29) is 4.90 Å². The number of rotatable bonds is 4. The highest BCUT2D eigenvalue weighted by Crippen LogP contribution is 2.34. The minimum atomic E-state index is -3.56. The minimum Gasteiger partial charge on any atom is -0.207 e. The van der Waals surface area contributed by atoms with Gasteiger partial charge in [-0.2, -0.15) is 0 Å². The zero-order valence-corrected chi connectivity index (χ0v) is 13.7. The van der Waals surface area contributed by atoms with Crippen LogP contribution in [0.3, 0.4) is 0 Å². The van der Waals surface area contributed by atoms with Crippen LogP contribution in [0.4, 0.5) is 0 Å². The number of hydrogen-bond donors (Lipinski definition) is 1. The maximum absolute atomic E-state index is 12.4. The second-order valence-electron chi connectivity index (χ2n) is 5.66. The van der Waals surface area contributed by atoms with Crippen LogP contribution in [-0.2, 0) is 10.0 Å². The van der Waals surface area contributed by atoms with Gasteiger partial charge in [-0.3, -0.25) is 0 Å². The molecule has 1 aromatic carbocycles. The second-order valence-corrected chi connectivity index (χ2v) is 8.04. The smallest absolute Gasteiger partial charge is 0.207 e. The molecule has 20 heavy (non-hydrogen) atoms. The van der Waals surface area contributed by atoms with E-state index in [1.165, 1.54) is 12.1 Å². The summed E-state index contributed by atoms with van der Waals surface area (Å²) in [6.07, 6.45) is 3.56. The van der Waals surface area contributed by atoms with Crippen LogP contribution in [0.25, 0.3) is 0 Å². The van der Waals surface area contributed by atoms with Gasteiger partial charge < -0.3 is 0 Å². The summed E-state index contributed by atoms with van der Waals surface area (Å²) in [4.78, 5) is 0.227. The van der Waals surface area contributed by atoms with Crippen molar-refractivity contribution in [2.24, 2.45) is 5.92 Å². The van der Waals surface area contributed by atoms with E-state index < -0.39 is 15.6 Å². The van der Waals surface area contributed by atoms with Crippen molar-refractivity contribution >= 4 is 33.2 Å². The second kappa shape index (κ2) is 6.22. The van der Waals surface area contributed by atoms with Gasteiger partial charge in [-0.05, 0) is 55.9 Å². The van der Waals surface area contributed by atoms with Crippen LogP contribution in [0.5, 0.6) is 0 Å². The summed E-state index contributed by atoms with van der Waals surface area (Å²) in [6, 6.07) is 6.18. The van der Waals surface area contributed by atoms with Gasteiger partial charge >= 0.3 is 0 Å². The number of halogens is 2. The van der Waals surface area contributed by atoms with Gasteiger partial charge in [0.1, 0.15) is 0 Å². The molecule has 1 aliphatic rings. The average Bonchev–Trinajstić information content (AvgIpc) is 2.42. The molecule has 112 valence electrons. The predicted molar refractivity (Wildman–Crippen MR) is 82.9 cm³/mol. The summed E-state index contributed by atoms with van der Waals surface area (Å²) >= 11 is 11.8. The van der Waals surface area contributed by atoms with Gasteiger partial charge in [-0.15, -0.1) is 11.6 Å². The fourth-order valence-electron chi connectivity index (χ4n) is 2.54. The maximum atomic E-state index is 12.4. The van der Waals surface area contributed by atoms with Crippen molar-refractivity contribution < 1.29 is 8.42 Å². The largest absolute Gasteiger partial charge is 0.241 e. The number of hydrogen-bond acceptors (Lipinski definition) is 2. The first-order valence-corrected chi connectivity index (χ1v) is 9.12. The Labute approximate surface area is 130 Å². The number of sulfonamides is 1. The van der Waals surface area contributed by atoms with Crippen molar-refractivity contribution in [2.75, 3.05) is 5.88 Å². The Morgan fingerprint density at radius 2 is 1.80 bits per heavy atom. The molecule has 1 aliphatic carbocycles. The van der Waals surface area contributed by atoms with Crippen molar-refractivity contribution in [3.05, 3.63) is 29.3 Å². The SMILES string of the molecule is CC1CCC(CCl)(NS(=O)(=O)c2ccc(Cl)cc2)CC1. The molecule has 6 heteroatoms. The molecule has 0 aliphatic heterocycles. The third-order valence-corrected chi connectivity index (χ3v) is 6.32. The topological polar surface area (TPSA) is 46.2 Å². The minimum absolute atomic E-state index is 0.227. The van der Waals surface area contributed by atoms with Crippen LogP contribution in [0, 0.1) is 5.92 Å². The van der Waals surface area contributed by atoms with Gasteiger partial charge in [0.15, 0.2) is 0 Å². The van der Waals surface area contributed by atoms with E-state index in [4.69, 9.17) is 23.2 Å². The summed E-state index contributed by atoms with van der Waals surface area (Å²) in [6.45, 7) is 2.19. The third-order valence-electron chi connectivity index (χ3n) is 3.96. The lowest BCUT2D eigenvalue weighted by Gasteiger charge is -2.38. The molecule has 0 unspecified atom stereocenters. The standard InChI is InChI=1S/C14H19Cl2NO2S/c1-11-6-8-14(10-15,9-7-11)17-20(18,19)13-4-2-12(16)3-5-13/h2-5,11,17H,6-10H2,1H3. The molecule has 1 N–H and O–H groups in total. The van der Waals surface area contributed by atoms with Crippen LogP contribution < -0.4 is 4.72 Å². The van der Waals surface area contributed by atoms with Gasteiger partial charge in [0.05, 0.1) is 4.90 Å². The first-order valence-electron chi connectivity index (χ1n) is 6.72. The van der Waals surface area contributed by atoms with Crippen molar-refractivity contribution in [1.29, 1.82) is 0 Å². The molecule has 1 fully saturated rings. The first kappa shape index (κ1) is 16.1. The van der Waals surface area contributed by atoms with E-state index in [9.17, 15) is 8.42 Å². The molecule has 0 atom stereocenters. The molecule has 2 rings (SSSR count). The number of nitrogens with one attached hydrogen (secondary N) is 1. The molecule has 0 bridgehead atoms. The Kier molecular flexibility index (Phi) is 5.00. The highest BCUT2D eigenvalue weighted by Gasteiger charge is 2.37. The van der Waals surface area contributed by atoms with E-state index in [1.807, 2.05) is 0 Å². The van der Waals surface area contributed by atoms with Gasteiger partial charge in [0.25, 0.3) is 0 Å². The Bertz CT molecular complexity index is 549. The van der Waals surface area contributed by atoms with Crippen LogP contribution in [-0.4, -0.2) is 19.8 Å². The monoisotopic (exact) mass is 335 g/mol. The van der Waals surface area contributed by atoms with Gasteiger partial charge in [0.2, 0.25) is 10.0 Å². The lowest BCUT2D eigenvalue weighted by atomic mass is 9.79. The Morgan fingerprint density at radius 1 is 1.25 bits per heavy atom. The molecule has 1 aromatic rings. The van der Waals surface area contributed by atoms with Crippen molar-refractivity contribution in [3.63, 3.8) is 0 Å². The van der Waals surface area contributed by atoms with Crippen molar-refractivity contribution in [3.8, 4) is 0 Å². The lowest BCUT2D eigenvalue weighted by Crippen LogP contribution is -2.51. The maximum Gasteiger partial charge on any atom is 0.241 e. The fourth-order valence-corrected chi connectivity index (χ4v) is 4.53. The van der Waals surface area contributed by atoms with Crippen LogP contribution in [0.15, 0.2) is 29.2 Å². The molecular formula is C14H19Cl2NO2S. The predicted octanol–water partition coefficient (Wildman–Crippen LogP) is 3.81. The van der Waals surface area contributed by atoms with E-state index in [0.29, 0.717) is 16.8 Å². The zero-order chi connectivity index (χ0) is 14.8. The molecule has 0 heterocycles. The first-order chi connectivity index (χ1) is 9.37. The number of benzene rings is 1. The summed E-state index contributed by atoms with van der Waals surface area (Å²) in [5.74, 6) is 0.929. The van der Waals surface area contributed by atoms with Crippen molar-refractivity contribution in [1.82, 2.24) is 4.72 Å². The Hall–Kier alpha value is -0.290. The highest BCUT2D eigenvalue weighted by molar-refractivity contribution is 7.89. The van der Waals surface area contributed by atoms with E-state index >= 15 is 0 Å². The normalized spacial score (nSPS) is 27.4. The summed E-state index contributed by atoms with van der Waals surface area (Å²) in [5, 5.41) is 0.516. The average molecular weight is 336 g/mol. The third kappa shape index (κ3) is 3.67. The molecule has 0 radical (unpaired) electrons. The Balaban J connectivity index is 2.20. The van der Waals surface area contributed by atoms with Gasteiger partial charge in [-0.1, -0.05) is 18.5 Å². The molecule has 0 spiro atoms. The molecule has 1 saturated carbocycles. The van der Waals surface area contributed by atoms with Crippen LogP contribution in [0.2, 0.25) is 5.02 Å². The molecular weight excluding hydrogens is 317 g/mol. The van der Waals surface area contributed by atoms with Crippen LogP contribution >= 0.6 is 23.2 Å². The quantitative estimate of drug-likeness (QED) is 0.850. The molecule has 0 aromatic heterocycles. The summed E-state index contributed by atoms with van der Waals surface area (Å²) < 4.78 is 27.7. The fraction of sp³-hybridized carbons (Fsp3) is 0.571. The van der Waals surface area contributed by atoms with E-state index in [1.54, 1.807) is 12.1 Å². The van der Waals surface area contributed by atoms with Gasteiger partial charge in [-0.25, -0.2) is 13.1 Å². The number of alkyl halides is 1. The van der Waals surface area contributed by atoms with Crippen LogP contribution in [0.1, 0.15) is 32.6 Å².